The summed E-state index contributed by atoms with van der Waals surface area (Å²) >= 11 is 1.73. The van der Waals surface area contributed by atoms with Gasteiger partial charge in [-0.1, -0.05) is 15.9 Å². The highest BCUT2D eigenvalue weighted by atomic mass is 79.9. The topological polar surface area (TPSA) is 44.8 Å². The van der Waals surface area contributed by atoms with E-state index < -0.39 is 11.4 Å². The predicted octanol–water partition coefficient (Wildman–Crippen LogP) is 1.82. The van der Waals surface area contributed by atoms with Crippen LogP contribution in [0, 0.1) is 0 Å². The molecule has 1 heterocycles. The molecule has 0 aromatic heterocycles. The van der Waals surface area contributed by atoms with Crippen LogP contribution in [0.25, 0.3) is 0 Å². The van der Waals surface area contributed by atoms with E-state index in [0.717, 1.165) is 10.2 Å². The molecule has 0 N–H and O–H groups in total. The van der Waals surface area contributed by atoms with Crippen LogP contribution in [0.2, 0.25) is 0 Å². The Balaban J connectivity index is 1.83. The molecular formula is C9H9BrO4S. The zero-order chi connectivity index (χ0) is 10.7. The molecule has 0 saturated carbocycles. The van der Waals surface area contributed by atoms with E-state index >= 15 is 0 Å². The number of rotatable bonds is 3. The van der Waals surface area contributed by atoms with Crippen LogP contribution in [0.4, 0.5) is 0 Å². The summed E-state index contributed by atoms with van der Waals surface area (Å²) in [6.07, 6.45) is -0.255. The van der Waals surface area contributed by atoms with Crippen LogP contribution in [0.5, 0.6) is 5.75 Å². The molecular weight excluding hydrogens is 284 g/mol. The first-order valence-corrected chi connectivity index (χ1v) is 6.14. The SMILES string of the molecule is O=[S@@]1OC[C@@H](COc2ccc(Br)cc2)O1. The van der Waals surface area contributed by atoms with Gasteiger partial charge in [-0.05, 0) is 24.3 Å². The van der Waals surface area contributed by atoms with Gasteiger partial charge >= 0.3 is 11.4 Å². The summed E-state index contributed by atoms with van der Waals surface area (Å²) in [6.45, 7) is 0.649. The fraction of sp³-hybridized carbons (Fsp3) is 0.333. The lowest BCUT2D eigenvalue weighted by Crippen LogP contribution is -2.19. The summed E-state index contributed by atoms with van der Waals surface area (Å²) in [6, 6.07) is 7.46. The first kappa shape index (κ1) is 11.1. The van der Waals surface area contributed by atoms with Gasteiger partial charge in [-0.3, -0.25) is 8.37 Å². The molecule has 82 valence electrons. The Hall–Kier alpha value is -0.430. The summed E-state index contributed by atoms with van der Waals surface area (Å²) in [5, 5.41) is 0. The molecule has 6 heteroatoms. The third-order valence-electron chi connectivity index (χ3n) is 1.81. The average molecular weight is 293 g/mol. The van der Waals surface area contributed by atoms with Crippen molar-refractivity contribution in [2.24, 2.45) is 0 Å². The van der Waals surface area contributed by atoms with Gasteiger partial charge in [0.2, 0.25) is 0 Å². The predicted molar refractivity (Wildman–Crippen MR) is 58.6 cm³/mol. The summed E-state index contributed by atoms with van der Waals surface area (Å²) in [4.78, 5) is 0. The number of benzene rings is 1. The molecule has 1 aliphatic heterocycles. The van der Waals surface area contributed by atoms with E-state index in [4.69, 9.17) is 13.1 Å². The van der Waals surface area contributed by atoms with Gasteiger partial charge in [0.05, 0.1) is 6.61 Å². The quantitative estimate of drug-likeness (QED) is 0.853. The summed E-state index contributed by atoms with van der Waals surface area (Å²) < 4.78 is 26.8. The maximum atomic E-state index is 10.7. The fourth-order valence-corrected chi connectivity index (χ4v) is 2.01. The van der Waals surface area contributed by atoms with E-state index in [-0.39, 0.29) is 6.10 Å². The Kier molecular flexibility index (Phi) is 3.74. The van der Waals surface area contributed by atoms with Crippen molar-refractivity contribution in [3.05, 3.63) is 28.7 Å². The van der Waals surface area contributed by atoms with Crippen LogP contribution in [0.1, 0.15) is 0 Å². The second kappa shape index (κ2) is 5.07. The lowest BCUT2D eigenvalue weighted by atomic mass is 10.3. The van der Waals surface area contributed by atoms with Crippen LogP contribution in [0.3, 0.4) is 0 Å². The minimum Gasteiger partial charge on any atom is -0.491 e. The highest BCUT2D eigenvalue weighted by molar-refractivity contribution is 9.10. The number of hydrogen-bond acceptors (Lipinski definition) is 4. The van der Waals surface area contributed by atoms with Crippen molar-refractivity contribution >= 4 is 27.3 Å². The Labute approximate surface area is 98.5 Å². The van der Waals surface area contributed by atoms with Crippen molar-refractivity contribution in [2.45, 2.75) is 6.10 Å². The van der Waals surface area contributed by atoms with Gasteiger partial charge < -0.3 is 4.74 Å². The van der Waals surface area contributed by atoms with Crippen LogP contribution in [-0.4, -0.2) is 23.5 Å². The van der Waals surface area contributed by atoms with E-state index in [9.17, 15) is 4.21 Å². The highest BCUT2D eigenvalue weighted by Crippen LogP contribution is 2.17. The highest BCUT2D eigenvalue weighted by Gasteiger charge is 2.23. The van der Waals surface area contributed by atoms with Crippen LogP contribution in [0.15, 0.2) is 28.7 Å². The molecule has 0 amide bonds. The van der Waals surface area contributed by atoms with Crippen molar-refractivity contribution in [3.63, 3.8) is 0 Å². The van der Waals surface area contributed by atoms with Gasteiger partial charge in [-0.2, -0.15) is 4.21 Å². The fourth-order valence-electron chi connectivity index (χ4n) is 1.09. The summed E-state index contributed by atoms with van der Waals surface area (Å²) in [5.41, 5.74) is 0. The monoisotopic (exact) mass is 292 g/mol. The van der Waals surface area contributed by atoms with Gasteiger partial charge in [-0.25, -0.2) is 0 Å². The van der Waals surface area contributed by atoms with E-state index in [1.54, 1.807) is 0 Å². The van der Waals surface area contributed by atoms with Gasteiger partial charge in [-0.15, -0.1) is 0 Å². The number of ether oxygens (including phenoxy) is 1. The summed E-state index contributed by atoms with van der Waals surface area (Å²) in [5.74, 6) is 0.750. The van der Waals surface area contributed by atoms with E-state index in [1.807, 2.05) is 24.3 Å². The molecule has 0 aliphatic carbocycles. The van der Waals surface area contributed by atoms with Gasteiger partial charge in [0.15, 0.2) is 0 Å². The normalized spacial score (nSPS) is 25.4. The lowest BCUT2D eigenvalue weighted by molar-refractivity contribution is 0.151. The molecule has 1 saturated heterocycles. The molecule has 15 heavy (non-hydrogen) atoms. The zero-order valence-corrected chi connectivity index (χ0v) is 10.1. The first-order valence-electron chi connectivity index (χ1n) is 4.34. The van der Waals surface area contributed by atoms with Crippen molar-refractivity contribution in [2.75, 3.05) is 13.2 Å². The molecule has 1 aromatic carbocycles. The van der Waals surface area contributed by atoms with E-state index in [0.29, 0.717) is 13.2 Å². The molecule has 4 nitrogen and oxygen atoms in total. The number of hydrogen-bond donors (Lipinski definition) is 0. The second-order valence-electron chi connectivity index (χ2n) is 2.97. The Morgan fingerprint density at radius 3 is 2.80 bits per heavy atom. The molecule has 0 spiro atoms. The molecule has 0 bridgehead atoms. The molecule has 0 radical (unpaired) electrons. The van der Waals surface area contributed by atoms with Gasteiger partial charge in [0.25, 0.3) is 0 Å². The van der Waals surface area contributed by atoms with Crippen molar-refractivity contribution in [1.29, 1.82) is 0 Å². The Morgan fingerprint density at radius 2 is 2.20 bits per heavy atom. The average Bonchev–Trinajstić information content (AvgIpc) is 2.64. The maximum absolute atomic E-state index is 10.7. The van der Waals surface area contributed by atoms with Crippen LogP contribution < -0.4 is 4.74 Å². The molecule has 1 aromatic rings. The van der Waals surface area contributed by atoms with E-state index in [1.165, 1.54) is 0 Å². The van der Waals surface area contributed by atoms with Crippen LogP contribution in [-0.2, 0) is 19.7 Å². The summed E-state index contributed by atoms with van der Waals surface area (Å²) in [7, 11) is 0. The molecule has 1 fully saturated rings. The molecule has 0 unspecified atom stereocenters. The molecule has 2 atom stereocenters. The first-order chi connectivity index (χ1) is 7.24. The van der Waals surface area contributed by atoms with Gasteiger partial charge in [0, 0.05) is 4.47 Å². The Morgan fingerprint density at radius 1 is 1.47 bits per heavy atom. The largest absolute Gasteiger partial charge is 0.491 e. The van der Waals surface area contributed by atoms with E-state index in [2.05, 4.69) is 15.9 Å². The zero-order valence-electron chi connectivity index (χ0n) is 7.72. The third-order valence-corrected chi connectivity index (χ3v) is 3.10. The molecule has 1 aliphatic rings. The third kappa shape index (κ3) is 3.27. The maximum Gasteiger partial charge on any atom is 0.305 e. The minimum atomic E-state index is -1.60. The smallest absolute Gasteiger partial charge is 0.305 e. The lowest BCUT2D eigenvalue weighted by Gasteiger charge is -2.08. The minimum absolute atomic E-state index is 0.255. The van der Waals surface area contributed by atoms with Gasteiger partial charge in [0.1, 0.15) is 18.5 Å². The van der Waals surface area contributed by atoms with Crippen molar-refractivity contribution < 1.29 is 17.3 Å². The van der Waals surface area contributed by atoms with Crippen molar-refractivity contribution in [1.82, 2.24) is 0 Å². The second-order valence-corrected chi connectivity index (χ2v) is 4.72. The Bertz CT molecular complexity index is 354. The number of halogens is 1. The molecule has 2 rings (SSSR count). The standard InChI is InChI=1S/C9H9BrO4S/c10-7-1-3-8(4-2-7)12-5-9-6-13-15(11)14-9/h1-4,9H,5-6H2/t9-,15-/m1/s1. The van der Waals surface area contributed by atoms with Crippen LogP contribution >= 0.6 is 15.9 Å². The van der Waals surface area contributed by atoms with Crippen molar-refractivity contribution in [3.8, 4) is 5.75 Å².